The number of hydrogen-bond acceptors (Lipinski definition) is 4. The normalized spacial score (nSPS) is 14.9. The summed E-state index contributed by atoms with van der Waals surface area (Å²) in [5.74, 6) is -0.583. The molecule has 2 aromatic carbocycles. The highest BCUT2D eigenvalue weighted by Gasteiger charge is 2.30. The van der Waals surface area contributed by atoms with Gasteiger partial charge in [-0.15, -0.1) is 0 Å². The Morgan fingerprint density at radius 3 is 2.63 bits per heavy atom. The van der Waals surface area contributed by atoms with Crippen LogP contribution in [0.2, 0.25) is 0 Å². The van der Waals surface area contributed by atoms with Crippen LogP contribution in [0.25, 0.3) is 10.9 Å². The average Bonchev–Trinajstić information content (AvgIpc) is 3.48. The highest BCUT2D eigenvalue weighted by molar-refractivity contribution is 8.00. The predicted molar refractivity (Wildman–Crippen MR) is 105 cm³/mol. The summed E-state index contributed by atoms with van der Waals surface area (Å²) in [7, 11) is 0. The van der Waals surface area contributed by atoms with Crippen LogP contribution >= 0.6 is 11.8 Å². The molecule has 1 aliphatic rings. The maximum Gasteiger partial charge on any atom is 0.262 e. The van der Waals surface area contributed by atoms with Crippen LogP contribution in [-0.2, 0) is 4.79 Å². The second kappa shape index (κ2) is 7.15. The van der Waals surface area contributed by atoms with Crippen molar-refractivity contribution in [3.8, 4) is 0 Å². The number of thioether (sulfide) groups is 1. The van der Waals surface area contributed by atoms with Crippen LogP contribution in [0.5, 0.6) is 0 Å². The van der Waals surface area contributed by atoms with Crippen molar-refractivity contribution in [3.63, 3.8) is 0 Å². The molecule has 0 spiro atoms. The first-order chi connectivity index (χ1) is 13.0. The lowest BCUT2D eigenvalue weighted by Crippen LogP contribution is -2.26. The average molecular weight is 383 g/mol. The maximum atomic E-state index is 13.0. The zero-order valence-electron chi connectivity index (χ0n) is 14.7. The minimum Gasteiger partial charge on any atom is -0.325 e. The van der Waals surface area contributed by atoms with E-state index in [4.69, 9.17) is 0 Å². The molecule has 138 valence electrons. The lowest BCUT2D eigenvalue weighted by Gasteiger charge is -2.16. The number of carbonyl (C=O) groups is 1. The number of nitrogens with one attached hydrogen (secondary N) is 1. The number of halogens is 1. The number of benzene rings is 2. The lowest BCUT2D eigenvalue weighted by atomic mass is 10.2. The highest BCUT2D eigenvalue weighted by Crippen LogP contribution is 2.37. The largest absolute Gasteiger partial charge is 0.325 e. The van der Waals surface area contributed by atoms with E-state index < -0.39 is 5.25 Å². The Morgan fingerprint density at radius 2 is 1.93 bits per heavy atom. The van der Waals surface area contributed by atoms with E-state index in [9.17, 15) is 14.0 Å². The van der Waals surface area contributed by atoms with Crippen molar-refractivity contribution in [1.29, 1.82) is 0 Å². The van der Waals surface area contributed by atoms with Crippen molar-refractivity contribution in [2.45, 2.75) is 36.2 Å². The first-order valence-corrected chi connectivity index (χ1v) is 9.65. The van der Waals surface area contributed by atoms with Gasteiger partial charge >= 0.3 is 0 Å². The third kappa shape index (κ3) is 3.73. The molecule has 0 saturated heterocycles. The van der Waals surface area contributed by atoms with Gasteiger partial charge < -0.3 is 5.32 Å². The van der Waals surface area contributed by atoms with Crippen LogP contribution in [-0.4, -0.2) is 20.7 Å². The summed E-state index contributed by atoms with van der Waals surface area (Å²) < 4.78 is 14.7. The molecule has 5 nitrogen and oxygen atoms in total. The molecule has 4 rings (SSSR count). The molecule has 1 atom stereocenters. The van der Waals surface area contributed by atoms with Crippen LogP contribution in [0.4, 0.5) is 10.1 Å². The van der Waals surface area contributed by atoms with Crippen LogP contribution in [0, 0.1) is 5.82 Å². The van der Waals surface area contributed by atoms with E-state index in [-0.39, 0.29) is 23.3 Å². The van der Waals surface area contributed by atoms with E-state index in [1.54, 1.807) is 23.6 Å². The van der Waals surface area contributed by atoms with Gasteiger partial charge in [-0.2, -0.15) is 0 Å². The molecule has 1 saturated carbocycles. The van der Waals surface area contributed by atoms with Gasteiger partial charge in [-0.3, -0.25) is 14.2 Å². The molecule has 1 aromatic heterocycles. The Bertz CT molecular complexity index is 1060. The molecule has 1 fully saturated rings. The number of aromatic nitrogens is 2. The first kappa shape index (κ1) is 17.7. The van der Waals surface area contributed by atoms with Gasteiger partial charge in [0.25, 0.3) is 5.56 Å². The third-order valence-corrected chi connectivity index (χ3v) is 5.52. The summed E-state index contributed by atoms with van der Waals surface area (Å²) in [4.78, 5) is 30.0. The van der Waals surface area contributed by atoms with E-state index >= 15 is 0 Å². The molecular formula is C20H18FN3O2S. The summed E-state index contributed by atoms with van der Waals surface area (Å²) in [5.41, 5.74) is 1.10. The molecule has 0 unspecified atom stereocenters. The minimum atomic E-state index is -0.465. The van der Waals surface area contributed by atoms with Gasteiger partial charge in [0, 0.05) is 11.7 Å². The second-order valence-corrected chi connectivity index (χ2v) is 7.88. The number of anilines is 1. The Morgan fingerprint density at radius 1 is 1.22 bits per heavy atom. The monoisotopic (exact) mass is 383 g/mol. The molecule has 3 aromatic rings. The number of rotatable bonds is 5. The van der Waals surface area contributed by atoms with Crippen molar-refractivity contribution in [2.75, 3.05) is 5.32 Å². The highest BCUT2D eigenvalue weighted by atomic mass is 32.2. The van der Waals surface area contributed by atoms with Crippen LogP contribution in [0.3, 0.4) is 0 Å². The molecule has 1 heterocycles. The number of para-hydroxylation sites is 1. The molecular weight excluding hydrogens is 365 g/mol. The number of carbonyl (C=O) groups excluding carboxylic acids is 1. The van der Waals surface area contributed by atoms with Crippen molar-refractivity contribution < 1.29 is 9.18 Å². The van der Waals surface area contributed by atoms with Gasteiger partial charge in [0.05, 0.1) is 16.2 Å². The fourth-order valence-corrected chi connectivity index (χ4v) is 3.83. The van der Waals surface area contributed by atoms with E-state index in [2.05, 4.69) is 10.3 Å². The van der Waals surface area contributed by atoms with Gasteiger partial charge in [0.15, 0.2) is 5.16 Å². The van der Waals surface area contributed by atoms with Gasteiger partial charge in [0.1, 0.15) is 5.82 Å². The maximum absolute atomic E-state index is 13.0. The van der Waals surface area contributed by atoms with Gasteiger partial charge in [-0.25, -0.2) is 9.37 Å². The summed E-state index contributed by atoms with van der Waals surface area (Å²) in [6.45, 7) is 1.77. The Balaban J connectivity index is 1.60. The van der Waals surface area contributed by atoms with E-state index in [0.717, 1.165) is 12.8 Å². The number of fused-ring (bicyclic) bond motifs is 1. The standard InChI is InChI=1S/C20H18FN3O2S/c1-12(18(25)22-14-8-6-13(21)7-9-14)27-20-23-17-5-3-2-4-16(17)19(26)24(20)15-10-11-15/h2-9,12,15H,10-11H2,1H3,(H,22,25)/t12-/m1/s1. The fourth-order valence-electron chi connectivity index (χ4n) is 2.85. The number of hydrogen-bond donors (Lipinski definition) is 1. The summed E-state index contributed by atoms with van der Waals surface area (Å²) in [5, 5.41) is 3.45. The van der Waals surface area contributed by atoms with E-state index in [1.807, 2.05) is 12.1 Å². The molecule has 27 heavy (non-hydrogen) atoms. The second-order valence-electron chi connectivity index (χ2n) is 6.57. The van der Waals surface area contributed by atoms with Crippen molar-refractivity contribution in [2.24, 2.45) is 0 Å². The smallest absolute Gasteiger partial charge is 0.262 e. The Hall–Kier alpha value is -2.67. The van der Waals surface area contributed by atoms with E-state index in [0.29, 0.717) is 21.7 Å². The third-order valence-electron chi connectivity index (χ3n) is 4.45. The summed E-state index contributed by atoms with van der Waals surface area (Å²) in [6, 6.07) is 13.0. The Kier molecular flexibility index (Phi) is 4.70. The predicted octanol–water partition coefficient (Wildman–Crippen LogP) is 3.99. The summed E-state index contributed by atoms with van der Waals surface area (Å²) in [6.07, 6.45) is 1.90. The number of amides is 1. The zero-order valence-corrected chi connectivity index (χ0v) is 15.5. The van der Waals surface area contributed by atoms with Gasteiger partial charge in [0.2, 0.25) is 5.91 Å². The van der Waals surface area contributed by atoms with Gasteiger partial charge in [-0.05, 0) is 56.2 Å². The molecule has 1 amide bonds. The van der Waals surface area contributed by atoms with Gasteiger partial charge in [-0.1, -0.05) is 23.9 Å². The number of nitrogens with zero attached hydrogens (tertiary/aromatic N) is 2. The van der Waals surface area contributed by atoms with E-state index in [1.165, 1.54) is 36.0 Å². The van der Waals surface area contributed by atoms with Crippen molar-refractivity contribution in [3.05, 3.63) is 64.7 Å². The van der Waals surface area contributed by atoms with Crippen molar-refractivity contribution >= 4 is 34.3 Å². The fraction of sp³-hybridized carbons (Fsp3) is 0.250. The zero-order chi connectivity index (χ0) is 19.0. The first-order valence-electron chi connectivity index (χ1n) is 8.77. The van der Waals surface area contributed by atoms with Crippen LogP contribution in [0.1, 0.15) is 25.8 Å². The quantitative estimate of drug-likeness (QED) is 0.534. The van der Waals surface area contributed by atoms with Crippen LogP contribution in [0.15, 0.2) is 58.5 Å². The lowest BCUT2D eigenvalue weighted by molar-refractivity contribution is -0.115. The summed E-state index contributed by atoms with van der Waals surface area (Å²) >= 11 is 1.26. The molecule has 0 aliphatic heterocycles. The molecule has 7 heteroatoms. The van der Waals surface area contributed by atoms with Crippen molar-refractivity contribution in [1.82, 2.24) is 9.55 Å². The minimum absolute atomic E-state index is 0.0586. The Labute approximate surface area is 159 Å². The molecule has 1 N–H and O–H groups in total. The SMILES string of the molecule is C[C@@H](Sc1nc2ccccc2c(=O)n1C1CC1)C(=O)Nc1ccc(F)cc1. The molecule has 0 radical (unpaired) electrons. The topological polar surface area (TPSA) is 64.0 Å². The molecule has 0 bridgehead atoms. The molecule has 1 aliphatic carbocycles. The van der Waals surface area contributed by atoms with Crippen LogP contribution < -0.4 is 10.9 Å².